The molecule has 0 atom stereocenters. The first-order chi connectivity index (χ1) is 10.6. The van der Waals surface area contributed by atoms with Gasteiger partial charge in [0.05, 0.1) is 30.0 Å². The number of carbonyl (C=O) groups is 1. The smallest absolute Gasteiger partial charge is 0.253 e. The van der Waals surface area contributed by atoms with Crippen LogP contribution in [-0.4, -0.2) is 42.4 Å². The van der Waals surface area contributed by atoms with E-state index in [2.05, 4.69) is 10.3 Å². The maximum Gasteiger partial charge on any atom is 0.253 e. The highest BCUT2D eigenvalue weighted by Gasteiger charge is 2.11. The number of benzene rings is 1. The molecule has 0 aliphatic rings. The predicted octanol–water partition coefficient (Wildman–Crippen LogP) is 1.98. The van der Waals surface area contributed by atoms with Gasteiger partial charge in [-0.3, -0.25) is 9.78 Å². The van der Waals surface area contributed by atoms with Crippen LogP contribution in [0.4, 0.5) is 0 Å². The molecule has 2 rings (SSSR count). The third-order valence-electron chi connectivity index (χ3n) is 3.39. The molecule has 2 aromatic rings. The van der Waals surface area contributed by atoms with Crippen LogP contribution >= 0.6 is 0 Å². The molecular weight excluding hydrogens is 280 g/mol. The molecule has 1 aromatic heterocycles. The summed E-state index contributed by atoms with van der Waals surface area (Å²) in [4.78, 5) is 16.7. The average molecular weight is 302 g/mol. The molecule has 0 saturated heterocycles. The molecule has 1 heterocycles. The Bertz CT molecular complexity index is 656. The Labute approximate surface area is 130 Å². The van der Waals surface area contributed by atoms with Gasteiger partial charge in [0.25, 0.3) is 5.91 Å². The summed E-state index contributed by atoms with van der Waals surface area (Å²) in [6.07, 6.45) is 0.713. The molecule has 118 valence electrons. The fraction of sp³-hybridized carbons (Fsp3) is 0.412. The van der Waals surface area contributed by atoms with Crippen molar-refractivity contribution in [1.82, 2.24) is 10.3 Å². The minimum absolute atomic E-state index is 0.0216. The van der Waals surface area contributed by atoms with Gasteiger partial charge in [0, 0.05) is 18.5 Å². The number of amides is 1. The van der Waals surface area contributed by atoms with E-state index < -0.39 is 0 Å². The Morgan fingerprint density at radius 1 is 1.27 bits per heavy atom. The topological polar surface area (TPSA) is 71.5 Å². The number of aliphatic hydroxyl groups is 1. The average Bonchev–Trinajstić information content (AvgIpc) is 2.50. The Balaban J connectivity index is 2.00. The standard InChI is InChI=1S/C17H22N2O3/c1-12-4-5-16-14(10-12)11-15(13(2)19-16)17(21)18-6-3-8-22-9-7-20/h4-5,10-11,20H,3,6-9H2,1-2H3,(H,18,21). The molecule has 5 nitrogen and oxygen atoms in total. The number of aromatic nitrogens is 1. The normalized spacial score (nSPS) is 10.9. The van der Waals surface area contributed by atoms with E-state index in [4.69, 9.17) is 9.84 Å². The van der Waals surface area contributed by atoms with Crippen LogP contribution in [0.2, 0.25) is 0 Å². The van der Waals surface area contributed by atoms with Crippen molar-refractivity contribution in [3.63, 3.8) is 0 Å². The third-order valence-corrected chi connectivity index (χ3v) is 3.39. The zero-order valence-corrected chi connectivity index (χ0v) is 13.1. The lowest BCUT2D eigenvalue weighted by Gasteiger charge is -2.09. The summed E-state index contributed by atoms with van der Waals surface area (Å²) < 4.78 is 5.15. The van der Waals surface area contributed by atoms with Crippen LogP contribution in [0.15, 0.2) is 24.3 Å². The number of hydrogen-bond acceptors (Lipinski definition) is 4. The number of nitrogens with zero attached hydrogens (tertiary/aromatic N) is 1. The Morgan fingerprint density at radius 3 is 2.86 bits per heavy atom. The van der Waals surface area contributed by atoms with Gasteiger partial charge in [0.15, 0.2) is 0 Å². The quantitative estimate of drug-likeness (QED) is 0.767. The van der Waals surface area contributed by atoms with Gasteiger partial charge in [0.2, 0.25) is 0 Å². The minimum Gasteiger partial charge on any atom is -0.394 e. The van der Waals surface area contributed by atoms with Crippen LogP contribution in [-0.2, 0) is 4.74 Å². The van der Waals surface area contributed by atoms with Crippen LogP contribution in [0.3, 0.4) is 0 Å². The molecule has 0 spiro atoms. The van der Waals surface area contributed by atoms with E-state index in [9.17, 15) is 4.79 Å². The molecule has 0 fully saturated rings. The summed E-state index contributed by atoms with van der Waals surface area (Å²) >= 11 is 0. The molecule has 1 amide bonds. The second-order valence-corrected chi connectivity index (χ2v) is 5.26. The van der Waals surface area contributed by atoms with E-state index in [0.717, 1.165) is 22.2 Å². The van der Waals surface area contributed by atoms with Crippen molar-refractivity contribution in [3.05, 3.63) is 41.1 Å². The minimum atomic E-state index is -0.115. The maximum atomic E-state index is 12.3. The Kier molecular flexibility index (Phi) is 5.86. The van der Waals surface area contributed by atoms with Crippen molar-refractivity contribution < 1.29 is 14.6 Å². The summed E-state index contributed by atoms with van der Waals surface area (Å²) in [6, 6.07) is 7.91. The van der Waals surface area contributed by atoms with Gasteiger partial charge >= 0.3 is 0 Å². The number of ether oxygens (including phenoxy) is 1. The van der Waals surface area contributed by atoms with Crippen molar-refractivity contribution >= 4 is 16.8 Å². The second-order valence-electron chi connectivity index (χ2n) is 5.26. The highest BCUT2D eigenvalue weighted by molar-refractivity contribution is 5.98. The number of rotatable bonds is 7. The van der Waals surface area contributed by atoms with E-state index in [1.54, 1.807) is 0 Å². The zero-order chi connectivity index (χ0) is 15.9. The summed E-state index contributed by atoms with van der Waals surface area (Å²) in [5.74, 6) is -0.115. The summed E-state index contributed by atoms with van der Waals surface area (Å²) in [5, 5.41) is 12.4. The van der Waals surface area contributed by atoms with Crippen LogP contribution in [0.1, 0.15) is 28.0 Å². The van der Waals surface area contributed by atoms with E-state index in [-0.39, 0.29) is 12.5 Å². The number of pyridine rings is 1. The van der Waals surface area contributed by atoms with Crippen LogP contribution in [0.5, 0.6) is 0 Å². The van der Waals surface area contributed by atoms with Gasteiger partial charge in [-0.2, -0.15) is 0 Å². The Hall–Kier alpha value is -1.98. The lowest BCUT2D eigenvalue weighted by Crippen LogP contribution is -2.26. The van der Waals surface area contributed by atoms with Crippen LogP contribution in [0, 0.1) is 13.8 Å². The fourth-order valence-corrected chi connectivity index (χ4v) is 2.26. The molecule has 1 aromatic carbocycles. The molecule has 5 heteroatoms. The van der Waals surface area contributed by atoms with Gasteiger partial charge in [-0.05, 0) is 38.5 Å². The SMILES string of the molecule is Cc1ccc2nc(C)c(C(=O)NCCCOCCO)cc2c1. The van der Waals surface area contributed by atoms with Gasteiger partial charge in [-0.15, -0.1) is 0 Å². The Morgan fingerprint density at radius 2 is 2.09 bits per heavy atom. The van der Waals surface area contributed by atoms with E-state index in [0.29, 0.717) is 31.7 Å². The lowest BCUT2D eigenvalue weighted by atomic mass is 10.1. The van der Waals surface area contributed by atoms with Gasteiger partial charge < -0.3 is 15.2 Å². The number of aryl methyl sites for hydroxylation is 2. The molecule has 0 bridgehead atoms. The summed E-state index contributed by atoms with van der Waals surface area (Å²) in [7, 11) is 0. The van der Waals surface area contributed by atoms with Crippen LogP contribution in [0.25, 0.3) is 10.9 Å². The van der Waals surface area contributed by atoms with Crippen molar-refractivity contribution in [3.8, 4) is 0 Å². The van der Waals surface area contributed by atoms with Gasteiger partial charge in [-0.1, -0.05) is 11.6 Å². The summed E-state index contributed by atoms with van der Waals surface area (Å²) in [5.41, 5.74) is 3.38. The van der Waals surface area contributed by atoms with Crippen molar-refractivity contribution in [2.75, 3.05) is 26.4 Å². The first-order valence-electron chi connectivity index (χ1n) is 7.46. The van der Waals surface area contributed by atoms with Gasteiger partial charge in [0.1, 0.15) is 0 Å². The van der Waals surface area contributed by atoms with Gasteiger partial charge in [-0.25, -0.2) is 0 Å². The maximum absolute atomic E-state index is 12.3. The highest BCUT2D eigenvalue weighted by atomic mass is 16.5. The molecule has 0 aliphatic heterocycles. The first kappa shape index (κ1) is 16.4. The molecule has 22 heavy (non-hydrogen) atoms. The first-order valence-corrected chi connectivity index (χ1v) is 7.46. The second kappa shape index (κ2) is 7.87. The molecular formula is C17H22N2O3. The monoisotopic (exact) mass is 302 g/mol. The number of hydrogen-bond donors (Lipinski definition) is 2. The molecule has 0 unspecified atom stereocenters. The molecule has 2 N–H and O–H groups in total. The largest absolute Gasteiger partial charge is 0.394 e. The molecule has 0 aliphatic carbocycles. The zero-order valence-electron chi connectivity index (χ0n) is 13.1. The number of fused-ring (bicyclic) bond motifs is 1. The van der Waals surface area contributed by atoms with Crippen molar-refractivity contribution in [2.24, 2.45) is 0 Å². The third kappa shape index (κ3) is 4.26. The van der Waals surface area contributed by atoms with Crippen molar-refractivity contribution in [2.45, 2.75) is 20.3 Å². The number of nitrogens with one attached hydrogen (secondary N) is 1. The van der Waals surface area contributed by atoms with E-state index >= 15 is 0 Å². The predicted molar refractivity (Wildman–Crippen MR) is 86.1 cm³/mol. The van der Waals surface area contributed by atoms with Crippen molar-refractivity contribution in [1.29, 1.82) is 0 Å². The van der Waals surface area contributed by atoms with E-state index in [1.165, 1.54) is 0 Å². The number of aliphatic hydroxyl groups excluding tert-OH is 1. The van der Waals surface area contributed by atoms with Crippen LogP contribution < -0.4 is 5.32 Å². The summed E-state index contributed by atoms with van der Waals surface area (Å²) in [6.45, 7) is 5.28. The lowest BCUT2D eigenvalue weighted by molar-refractivity contribution is 0.0867. The van der Waals surface area contributed by atoms with E-state index in [1.807, 2.05) is 38.1 Å². The highest BCUT2D eigenvalue weighted by Crippen LogP contribution is 2.18. The molecule has 0 radical (unpaired) electrons. The number of carbonyl (C=O) groups excluding carboxylic acids is 1. The fourth-order valence-electron chi connectivity index (χ4n) is 2.26. The molecule has 0 saturated carbocycles.